The molecule has 2 rings (SSSR count). The Bertz CT molecular complexity index is 689. The second-order valence-corrected chi connectivity index (χ2v) is 5.21. The van der Waals surface area contributed by atoms with Crippen molar-refractivity contribution in [1.29, 1.82) is 0 Å². The second kappa shape index (κ2) is 8.57. The Morgan fingerprint density at radius 3 is 2.54 bits per heavy atom. The number of hydrogen-bond acceptors (Lipinski definition) is 4. The first-order chi connectivity index (χ1) is 11.6. The van der Waals surface area contributed by atoms with Gasteiger partial charge in [0.2, 0.25) is 0 Å². The van der Waals surface area contributed by atoms with E-state index in [9.17, 15) is 9.59 Å². The molecule has 0 unspecified atom stereocenters. The number of benzene rings is 2. The molecule has 0 aromatic heterocycles. The van der Waals surface area contributed by atoms with E-state index in [2.05, 4.69) is 20.3 Å². The van der Waals surface area contributed by atoms with Crippen LogP contribution in [0.15, 0.2) is 54.6 Å². The third kappa shape index (κ3) is 5.01. The van der Waals surface area contributed by atoms with Gasteiger partial charge < -0.3 is 15.0 Å². The smallest absolute Gasteiger partial charge is 0.411 e. The number of rotatable bonds is 6. The third-order valence-electron chi connectivity index (χ3n) is 3.49. The molecule has 2 N–H and O–H groups in total. The van der Waals surface area contributed by atoms with Crippen molar-refractivity contribution in [2.75, 3.05) is 37.5 Å². The van der Waals surface area contributed by atoms with Gasteiger partial charge in [0.1, 0.15) is 0 Å². The predicted octanol–water partition coefficient (Wildman–Crippen LogP) is 2.73. The van der Waals surface area contributed by atoms with Crippen LogP contribution >= 0.6 is 0 Å². The van der Waals surface area contributed by atoms with Crippen molar-refractivity contribution in [3.8, 4) is 0 Å². The van der Waals surface area contributed by atoms with Gasteiger partial charge in [-0.25, -0.2) is 4.79 Å². The standard InChI is InChI=1S/C18H21N3O3/c1-21(16-9-4-3-5-10-16)12-11-19-17(22)14-7-6-8-15(13-14)20-18(23)24-2/h3-10,13H,11-12H2,1-2H3,(H,19,22)(H,20,23). The first-order valence-corrected chi connectivity index (χ1v) is 7.59. The van der Waals surface area contributed by atoms with Crippen LogP contribution in [0.3, 0.4) is 0 Å². The van der Waals surface area contributed by atoms with E-state index in [-0.39, 0.29) is 5.91 Å². The number of methoxy groups -OCH3 is 1. The highest BCUT2D eigenvalue weighted by Crippen LogP contribution is 2.12. The van der Waals surface area contributed by atoms with Crippen molar-refractivity contribution in [2.45, 2.75) is 0 Å². The zero-order chi connectivity index (χ0) is 17.4. The molecular weight excluding hydrogens is 306 g/mol. The van der Waals surface area contributed by atoms with Crippen LogP contribution in [0.1, 0.15) is 10.4 Å². The Hall–Kier alpha value is -3.02. The minimum Gasteiger partial charge on any atom is -0.453 e. The maximum Gasteiger partial charge on any atom is 0.411 e. The Morgan fingerprint density at radius 2 is 1.83 bits per heavy atom. The number of carbonyl (C=O) groups excluding carboxylic acids is 2. The normalized spacial score (nSPS) is 9.92. The largest absolute Gasteiger partial charge is 0.453 e. The number of carbonyl (C=O) groups is 2. The van der Waals surface area contributed by atoms with E-state index in [1.54, 1.807) is 24.3 Å². The summed E-state index contributed by atoms with van der Waals surface area (Å²) in [5.74, 6) is -0.190. The van der Waals surface area contributed by atoms with Crippen molar-refractivity contribution in [3.63, 3.8) is 0 Å². The lowest BCUT2D eigenvalue weighted by Gasteiger charge is -2.19. The van der Waals surface area contributed by atoms with E-state index >= 15 is 0 Å². The summed E-state index contributed by atoms with van der Waals surface area (Å²) in [6, 6.07) is 16.6. The summed E-state index contributed by atoms with van der Waals surface area (Å²) >= 11 is 0. The molecule has 0 radical (unpaired) electrons. The quantitative estimate of drug-likeness (QED) is 0.856. The van der Waals surface area contributed by atoms with Gasteiger partial charge in [-0.2, -0.15) is 0 Å². The Labute approximate surface area is 141 Å². The van der Waals surface area contributed by atoms with E-state index < -0.39 is 6.09 Å². The molecule has 6 heteroatoms. The van der Waals surface area contributed by atoms with Crippen LogP contribution < -0.4 is 15.5 Å². The molecule has 0 heterocycles. The molecule has 0 atom stereocenters. The summed E-state index contributed by atoms with van der Waals surface area (Å²) < 4.78 is 4.53. The average Bonchev–Trinajstić information content (AvgIpc) is 2.62. The van der Waals surface area contributed by atoms with Crippen molar-refractivity contribution < 1.29 is 14.3 Å². The minimum absolute atomic E-state index is 0.190. The Kier molecular flexibility index (Phi) is 6.19. The number of likely N-dealkylation sites (N-methyl/N-ethyl adjacent to an activating group) is 1. The topological polar surface area (TPSA) is 70.7 Å². The lowest BCUT2D eigenvalue weighted by Crippen LogP contribution is -2.33. The summed E-state index contributed by atoms with van der Waals surface area (Å²) in [6.45, 7) is 1.20. The lowest BCUT2D eigenvalue weighted by molar-refractivity contribution is 0.0954. The highest BCUT2D eigenvalue weighted by Gasteiger charge is 2.08. The fourth-order valence-electron chi connectivity index (χ4n) is 2.16. The number of nitrogens with zero attached hydrogens (tertiary/aromatic N) is 1. The van der Waals surface area contributed by atoms with Crippen LogP contribution in [-0.2, 0) is 4.74 Å². The van der Waals surface area contributed by atoms with E-state index in [0.29, 0.717) is 24.3 Å². The number of para-hydroxylation sites is 1. The molecule has 2 aromatic rings. The van der Waals surface area contributed by atoms with Gasteiger partial charge in [0.15, 0.2) is 0 Å². The monoisotopic (exact) mass is 327 g/mol. The summed E-state index contributed by atoms with van der Waals surface area (Å²) in [4.78, 5) is 25.5. The number of anilines is 2. The lowest BCUT2D eigenvalue weighted by atomic mass is 10.2. The number of nitrogens with one attached hydrogen (secondary N) is 2. The summed E-state index contributed by atoms with van der Waals surface area (Å²) in [6.07, 6.45) is -0.572. The minimum atomic E-state index is -0.572. The maximum absolute atomic E-state index is 12.2. The highest BCUT2D eigenvalue weighted by atomic mass is 16.5. The highest BCUT2D eigenvalue weighted by molar-refractivity contribution is 5.96. The maximum atomic E-state index is 12.2. The Morgan fingerprint density at radius 1 is 1.08 bits per heavy atom. The summed E-state index contributed by atoms with van der Waals surface area (Å²) in [5, 5.41) is 5.40. The fourth-order valence-corrected chi connectivity index (χ4v) is 2.16. The van der Waals surface area contributed by atoms with E-state index in [0.717, 1.165) is 5.69 Å². The van der Waals surface area contributed by atoms with Gasteiger partial charge in [-0.15, -0.1) is 0 Å². The molecule has 2 aromatic carbocycles. The molecule has 6 nitrogen and oxygen atoms in total. The fraction of sp³-hybridized carbons (Fsp3) is 0.222. The van der Waals surface area contributed by atoms with Crippen LogP contribution in [0.2, 0.25) is 0 Å². The van der Waals surface area contributed by atoms with E-state index in [1.807, 2.05) is 37.4 Å². The molecule has 0 fully saturated rings. The molecule has 24 heavy (non-hydrogen) atoms. The van der Waals surface area contributed by atoms with Crippen LogP contribution in [-0.4, -0.2) is 39.2 Å². The zero-order valence-corrected chi connectivity index (χ0v) is 13.8. The van der Waals surface area contributed by atoms with Crippen LogP contribution in [0.5, 0.6) is 0 Å². The van der Waals surface area contributed by atoms with Gasteiger partial charge in [-0.1, -0.05) is 24.3 Å². The van der Waals surface area contributed by atoms with Crippen molar-refractivity contribution in [1.82, 2.24) is 5.32 Å². The van der Waals surface area contributed by atoms with Gasteiger partial charge in [0, 0.05) is 37.1 Å². The molecule has 0 spiro atoms. The average molecular weight is 327 g/mol. The van der Waals surface area contributed by atoms with Gasteiger partial charge in [-0.3, -0.25) is 10.1 Å². The molecule has 0 aliphatic carbocycles. The number of ether oxygens (including phenoxy) is 1. The molecular formula is C18H21N3O3. The van der Waals surface area contributed by atoms with Crippen LogP contribution in [0, 0.1) is 0 Å². The first-order valence-electron chi connectivity index (χ1n) is 7.59. The van der Waals surface area contributed by atoms with E-state index in [1.165, 1.54) is 7.11 Å². The molecule has 0 aliphatic heterocycles. The van der Waals surface area contributed by atoms with Crippen LogP contribution in [0.25, 0.3) is 0 Å². The molecule has 2 amide bonds. The molecule has 0 aliphatic rings. The zero-order valence-electron chi connectivity index (χ0n) is 13.8. The van der Waals surface area contributed by atoms with Gasteiger partial charge in [-0.05, 0) is 30.3 Å². The third-order valence-corrected chi connectivity index (χ3v) is 3.49. The number of amides is 2. The van der Waals surface area contributed by atoms with E-state index in [4.69, 9.17) is 0 Å². The SMILES string of the molecule is COC(=O)Nc1cccc(C(=O)NCCN(C)c2ccccc2)c1. The van der Waals surface area contributed by atoms with Crippen LogP contribution in [0.4, 0.5) is 16.2 Å². The first kappa shape index (κ1) is 17.3. The summed E-state index contributed by atoms with van der Waals surface area (Å²) in [7, 11) is 3.26. The molecule has 0 bridgehead atoms. The van der Waals surface area contributed by atoms with Gasteiger partial charge >= 0.3 is 6.09 Å². The van der Waals surface area contributed by atoms with Gasteiger partial charge in [0.25, 0.3) is 5.91 Å². The second-order valence-electron chi connectivity index (χ2n) is 5.21. The van der Waals surface area contributed by atoms with Crippen molar-refractivity contribution in [2.24, 2.45) is 0 Å². The molecule has 0 saturated carbocycles. The summed E-state index contributed by atoms with van der Waals surface area (Å²) in [5.41, 5.74) is 2.08. The van der Waals surface area contributed by atoms with Gasteiger partial charge in [0.05, 0.1) is 7.11 Å². The molecule has 0 saturated heterocycles. The molecule has 126 valence electrons. The Balaban J connectivity index is 1.86. The predicted molar refractivity (Wildman–Crippen MR) is 94.5 cm³/mol. The van der Waals surface area contributed by atoms with Crippen molar-refractivity contribution in [3.05, 3.63) is 60.2 Å². The van der Waals surface area contributed by atoms with Crippen molar-refractivity contribution >= 4 is 23.4 Å². The number of hydrogen-bond donors (Lipinski definition) is 2.